The van der Waals surface area contributed by atoms with Gasteiger partial charge >= 0.3 is 0 Å². The molecule has 1 aliphatic rings. The maximum Gasteiger partial charge on any atom is 0.134 e. The highest BCUT2D eigenvalue weighted by molar-refractivity contribution is 5.52. The minimum atomic E-state index is 0.790. The maximum atomic E-state index is 5.42. The summed E-state index contributed by atoms with van der Waals surface area (Å²) >= 11 is 0. The number of anilines is 3. The van der Waals surface area contributed by atoms with Crippen LogP contribution in [0.2, 0.25) is 0 Å². The van der Waals surface area contributed by atoms with Gasteiger partial charge in [0.05, 0.1) is 7.11 Å². The molecule has 0 spiro atoms. The van der Waals surface area contributed by atoms with Gasteiger partial charge in [-0.05, 0) is 30.2 Å². The minimum absolute atomic E-state index is 0.790. The molecule has 0 atom stereocenters. The topological polar surface area (TPSA) is 53.5 Å². The number of hydrogen-bond acceptors (Lipinski definition) is 6. The van der Waals surface area contributed by atoms with Crippen molar-refractivity contribution in [2.75, 3.05) is 55.0 Å². The normalized spacial score (nSPS) is 14.0. The van der Waals surface area contributed by atoms with E-state index in [9.17, 15) is 0 Å². The number of hydrogen-bond donors (Lipinski definition) is 1. The lowest BCUT2D eigenvalue weighted by Gasteiger charge is -2.36. The fraction of sp³-hybridized carbons (Fsp3) is 0.304. The number of methoxy groups -OCH3 is 1. The van der Waals surface area contributed by atoms with E-state index in [1.165, 1.54) is 11.3 Å². The average molecular weight is 390 g/mol. The monoisotopic (exact) mass is 389 g/mol. The molecule has 1 fully saturated rings. The van der Waals surface area contributed by atoms with E-state index in [4.69, 9.17) is 4.74 Å². The molecular weight excluding hydrogens is 362 g/mol. The molecule has 6 heteroatoms. The zero-order valence-corrected chi connectivity index (χ0v) is 16.8. The summed E-state index contributed by atoms with van der Waals surface area (Å²) in [7, 11) is 1.71. The van der Waals surface area contributed by atoms with Crippen molar-refractivity contribution in [3.05, 3.63) is 72.6 Å². The third-order valence-corrected chi connectivity index (χ3v) is 5.27. The van der Waals surface area contributed by atoms with Crippen LogP contribution in [-0.2, 0) is 6.42 Å². The summed E-state index contributed by atoms with van der Waals surface area (Å²) in [6, 6.07) is 20.7. The molecule has 0 saturated carbocycles. The number of benzene rings is 2. The fourth-order valence-electron chi connectivity index (χ4n) is 3.68. The van der Waals surface area contributed by atoms with E-state index in [1.54, 1.807) is 13.4 Å². The summed E-state index contributed by atoms with van der Waals surface area (Å²) in [5.74, 6) is 2.76. The van der Waals surface area contributed by atoms with Crippen LogP contribution in [0.25, 0.3) is 0 Å². The lowest BCUT2D eigenvalue weighted by molar-refractivity contribution is 0.410. The van der Waals surface area contributed by atoms with Crippen molar-refractivity contribution in [2.45, 2.75) is 6.42 Å². The first-order valence-electron chi connectivity index (χ1n) is 10.1. The van der Waals surface area contributed by atoms with Crippen LogP contribution in [0.4, 0.5) is 17.3 Å². The Balaban J connectivity index is 1.32. The smallest absolute Gasteiger partial charge is 0.134 e. The van der Waals surface area contributed by atoms with Crippen molar-refractivity contribution in [3.63, 3.8) is 0 Å². The molecule has 1 aliphatic heterocycles. The largest absolute Gasteiger partial charge is 0.496 e. The van der Waals surface area contributed by atoms with Crippen molar-refractivity contribution in [3.8, 4) is 5.75 Å². The summed E-state index contributed by atoms with van der Waals surface area (Å²) in [5, 5.41) is 3.41. The molecule has 2 aromatic carbocycles. The second-order valence-electron chi connectivity index (χ2n) is 7.06. The molecule has 0 amide bonds. The van der Waals surface area contributed by atoms with Crippen LogP contribution in [0.5, 0.6) is 5.75 Å². The van der Waals surface area contributed by atoms with Gasteiger partial charge in [-0.25, -0.2) is 9.97 Å². The number of nitrogens with zero attached hydrogens (tertiary/aromatic N) is 4. The number of ether oxygens (including phenoxy) is 1. The zero-order valence-electron chi connectivity index (χ0n) is 16.8. The van der Waals surface area contributed by atoms with Gasteiger partial charge in [-0.1, -0.05) is 36.4 Å². The first kappa shape index (κ1) is 19.1. The molecule has 1 saturated heterocycles. The Kier molecular flexibility index (Phi) is 6.10. The van der Waals surface area contributed by atoms with E-state index in [1.807, 2.05) is 24.3 Å². The number of para-hydroxylation sites is 2. The molecule has 2 heterocycles. The fourth-order valence-corrected chi connectivity index (χ4v) is 3.68. The third kappa shape index (κ3) is 4.77. The van der Waals surface area contributed by atoms with Gasteiger partial charge in [-0.2, -0.15) is 0 Å². The van der Waals surface area contributed by atoms with Gasteiger partial charge in [0.25, 0.3) is 0 Å². The standard InChI is InChI=1S/C23H27N5O/c1-29-21-10-6-5-7-19(21)11-12-24-22-17-23(26-18-25-22)28-15-13-27(14-16-28)20-8-3-2-4-9-20/h2-10,17-18H,11-16H2,1H3,(H,24,25,26). The summed E-state index contributed by atoms with van der Waals surface area (Å²) in [5.41, 5.74) is 2.47. The Hall–Kier alpha value is -3.28. The van der Waals surface area contributed by atoms with Gasteiger partial charge in [0.1, 0.15) is 23.7 Å². The Bertz CT molecular complexity index is 910. The van der Waals surface area contributed by atoms with Crippen molar-refractivity contribution >= 4 is 17.3 Å². The highest BCUT2D eigenvalue weighted by Gasteiger charge is 2.18. The molecule has 6 nitrogen and oxygen atoms in total. The van der Waals surface area contributed by atoms with Gasteiger partial charge in [-0.3, -0.25) is 0 Å². The molecule has 29 heavy (non-hydrogen) atoms. The molecule has 0 radical (unpaired) electrons. The van der Waals surface area contributed by atoms with Crippen LogP contribution in [0.1, 0.15) is 5.56 Å². The van der Waals surface area contributed by atoms with E-state index in [0.29, 0.717) is 0 Å². The average Bonchev–Trinajstić information content (AvgIpc) is 2.80. The molecule has 4 rings (SSSR count). The van der Waals surface area contributed by atoms with Crippen LogP contribution in [0.3, 0.4) is 0 Å². The lowest BCUT2D eigenvalue weighted by atomic mass is 10.1. The number of aromatic nitrogens is 2. The van der Waals surface area contributed by atoms with Gasteiger partial charge < -0.3 is 19.9 Å². The Morgan fingerprint density at radius 1 is 0.897 bits per heavy atom. The van der Waals surface area contributed by atoms with Crippen molar-refractivity contribution in [2.24, 2.45) is 0 Å². The van der Waals surface area contributed by atoms with E-state index in [2.05, 4.69) is 61.5 Å². The molecule has 1 N–H and O–H groups in total. The van der Waals surface area contributed by atoms with Crippen LogP contribution in [0, 0.1) is 0 Å². The van der Waals surface area contributed by atoms with Gasteiger partial charge in [-0.15, -0.1) is 0 Å². The van der Waals surface area contributed by atoms with Crippen LogP contribution < -0.4 is 19.9 Å². The van der Waals surface area contributed by atoms with Gasteiger partial charge in [0.15, 0.2) is 0 Å². The highest BCUT2D eigenvalue weighted by Crippen LogP contribution is 2.21. The predicted molar refractivity (Wildman–Crippen MR) is 118 cm³/mol. The van der Waals surface area contributed by atoms with Gasteiger partial charge in [0, 0.05) is 44.5 Å². The van der Waals surface area contributed by atoms with Crippen molar-refractivity contribution in [1.82, 2.24) is 9.97 Å². The molecule has 0 aliphatic carbocycles. The van der Waals surface area contributed by atoms with Crippen LogP contribution in [0.15, 0.2) is 67.0 Å². The van der Waals surface area contributed by atoms with E-state index in [0.717, 1.165) is 56.5 Å². The molecule has 0 bridgehead atoms. The van der Waals surface area contributed by atoms with Crippen molar-refractivity contribution < 1.29 is 4.74 Å². The Labute approximate surface area is 172 Å². The predicted octanol–water partition coefficient (Wildman–Crippen LogP) is 3.47. The molecule has 0 unspecified atom stereocenters. The van der Waals surface area contributed by atoms with E-state index < -0.39 is 0 Å². The first-order chi connectivity index (χ1) is 14.3. The second kappa shape index (κ2) is 9.28. The Morgan fingerprint density at radius 2 is 1.62 bits per heavy atom. The van der Waals surface area contributed by atoms with Gasteiger partial charge in [0.2, 0.25) is 0 Å². The Morgan fingerprint density at radius 3 is 2.41 bits per heavy atom. The zero-order chi connectivity index (χ0) is 19.9. The lowest BCUT2D eigenvalue weighted by Crippen LogP contribution is -2.46. The van der Waals surface area contributed by atoms with E-state index in [-0.39, 0.29) is 0 Å². The first-order valence-corrected chi connectivity index (χ1v) is 10.1. The number of nitrogens with one attached hydrogen (secondary N) is 1. The SMILES string of the molecule is COc1ccccc1CCNc1cc(N2CCN(c3ccccc3)CC2)ncn1. The molecule has 3 aromatic rings. The molecule has 1 aromatic heterocycles. The van der Waals surface area contributed by atoms with Crippen molar-refractivity contribution in [1.29, 1.82) is 0 Å². The second-order valence-corrected chi connectivity index (χ2v) is 7.06. The number of rotatable bonds is 7. The quantitative estimate of drug-likeness (QED) is 0.668. The molecule has 150 valence electrons. The summed E-state index contributed by atoms with van der Waals surface area (Å²) in [4.78, 5) is 13.6. The van der Waals surface area contributed by atoms with E-state index >= 15 is 0 Å². The third-order valence-electron chi connectivity index (χ3n) is 5.27. The van der Waals surface area contributed by atoms with Crippen LogP contribution >= 0.6 is 0 Å². The molecular formula is C23H27N5O. The van der Waals surface area contributed by atoms with Crippen LogP contribution in [-0.4, -0.2) is 49.8 Å². The summed E-state index contributed by atoms with van der Waals surface area (Å²) in [6.07, 6.45) is 2.52. The summed E-state index contributed by atoms with van der Waals surface area (Å²) < 4.78 is 5.42. The summed E-state index contributed by atoms with van der Waals surface area (Å²) in [6.45, 7) is 4.67. The minimum Gasteiger partial charge on any atom is -0.496 e. The number of piperazine rings is 1. The highest BCUT2D eigenvalue weighted by atomic mass is 16.5. The maximum absolute atomic E-state index is 5.42.